The zero-order valence-electron chi connectivity index (χ0n) is 14.7. The Hall–Kier alpha value is -2.98. The van der Waals surface area contributed by atoms with E-state index in [1.54, 1.807) is 38.2 Å². The van der Waals surface area contributed by atoms with Crippen molar-refractivity contribution in [3.8, 4) is 11.5 Å². The summed E-state index contributed by atoms with van der Waals surface area (Å²) < 4.78 is 32.1. The maximum atomic E-state index is 12.6. The summed E-state index contributed by atoms with van der Waals surface area (Å²) in [4.78, 5) is 10.7. The first-order valence-electron chi connectivity index (χ1n) is 8.26. The first kappa shape index (κ1) is 18.8. The topological polar surface area (TPSA) is 118 Å². The number of hydrogen-bond donors (Lipinski definition) is 1. The van der Waals surface area contributed by atoms with Crippen molar-refractivity contribution < 1.29 is 18.1 Å². The fourth-order valence-corrected chi connectivity index (χ4v) is 4.18. The summed E-state index contributed by atoms with van der Waals surface area (Å²) in [6.45, 7) is 3.96. The molecule has 0 aliphatic heterocycles. The molecule has 0 saturated heterocycles. The zero-order valence-corrected chi connectivity index (χ0v) is 15.6. The van der Waals surface area contributed by atoms with Crippen molar-refractivity contribution in [2.24, 2.45) is 0 Å². The summed E-state index contributed by atoms with van der Waals surface area (Å²) in [5, 5.41) is 19.0. The maximum Gasteiger partial charge on any atom is 0.312 e. The van der Waals surface area contributed by atoms with Crippen LogP contribution in [0.5, 0.6) is 11.5 Å². The van der Waals surface area contributed by atoms with Crippen LogP contribution in [-0.4, -0.2) is 40.9 Å². The highest BCUT2D eigenvalue weighted by atomic mass is 32.2. The summed E-state index contributed by atoms with van der Waals surface area (Å²) >= 11 is 0. The maximum absolute atomic E-state index is 12.6. The summed E-state index contributed by atoms with van der Waals surface area (Å²) in [7, 11) is -3.81. The lowest BCUT2D eigenvalue weighted by Crippen LogP contribution is -2.30. The van der Waals surface area contributed by atoms with Crippen molar-refractivity contribution in [1.82, 2.24) is 14.5 Å². The second kappa shape index (κ2) is 7.33. The molecular formula is C17H18N4O5S. The van der Waals surface area contributed by atoms with Gasteiger partial charge in [-0.2, -0.15) is 9.40 Å². The van der Waals surface area contributed by atoms with Gasteiger partial charge in [-0.05, 0) is 24.3 Å². The van der Waals surface area contributed by atoms with Crippen molar-refractivity contribution >= 4 is 26.6 Å². The number of ether oxygens (including phenoxy) is 1. The number of H-pyrrole nitrogens is 1. The Bertz CT molecular complexity index is 1090. The van der Waals surface area contributed by atoms with E-state index in [1.807, 2.05) is 0 Å². The van der Waals surface area contributed by atoms with E-state index < -0.39 is 20.6 Å². The van der Waals surface area contributed by atoms with Crippen LogP contribution in [0.2, 0.25) is 0 Å². The summed E-state index contributed by atoms with van der Waals surface area (Å²) in [6, 6.07) is 8.71. The summed E-state index contributed by atoms with van der Waals surface area (Å²) in [5.74, 6) is 0.326. The third-order valence-electron chi connectivity index (χ3n) is 4.11. The average Bonchev–Trinajstić information content (AvgIpc) is 3.10. The molecule has 3 aromatic rings. The highest BCUT2D eigenvalue weighted by molar-refractivity contribution is 7.89. The predicted octanol–water partition coefficient (Wildman–Crippen LogP) is 3.29. The molecule has 1 aromatic heterocycles. The Morgan fingerprint density at radius 2 is 1.93 bits per heavy atom. The van der Waals surface area contributed by atoms with Crippen molar-refractivity contribution in [3.05, 3.63) is 52.7 Å². The van der Waals surface area contributed by atoms with E-state index in [0.717, 1.165) is 17.0 Å². The van der Waals surface area contributed by atoms with Gasteiger partial charge in [0.15, 0.2) is 0 Å². The molecule has 0 atom stereocenters. The van der Waals surface area contributed by atoms with Crippen LogP contribution in [0.1, 0.15) is 13.8 Å². The molecule has 10 heteroatoms. The number of nitrogens with zero attached hydrogens (tertiary/aromatic N) is 3. The summed E-state index contributed by atoms with van der Waals surface area (Å²) in [6.07, 6.45) is 1.65. The molecule has 0 spiro atoms. The van der Waals surface area contributed by atoms with E-state index in [0.29, 0.717) is 5.75 Å². The standard InChI is InChI=1S/C17H18N4O5S/c1-3-20(4-2)27(24,25)14-7-8-17(16(10-14)21(22)23)26-13-6-5-12-11-18-19-15(12)9-13/h5-11H,3-4H2,1-2H3,(H,18,19). The van der Waals surface area contributed by atoms with Gasteiger partial charge >= 0.3 is 5.69 Å². The van der Waals surface area contributed by atoms with E-state index >= 15 is 0 Å². The van der Waals surface area contributed by atoms with Gasteiger partial charge in [-0.3, -0.25) is 15.2 Å². The third-order valence-corrected chi connectivity index (χ3v) is 6.16. The lowest BCUT2D eigenvalue weighted by atomic mass is 10.2. The van der Waals surface area contributed by atoms with Gasteiger partial charge in [0.05, 0.1) is 21.5 Å². The number of aromatic nitrogens is 2. The van der Waals surface area contributed by atoms with Crippen LogP contribution in [-0.2, 0) is 10.0 Å². The van der Waals surface area contributed by atoms with Crippen molar-refractivity contribution in [2.45, 2.75) is 18.7 Å². The average molecular weight is 390 g/mol. The minimum atomic E-state index is -3.81. The van der Waals surface area contributed by atoms with Crippen LogP contribution in [0.15, 0.2) is 47.5 Å². The Morgan fingerprint density at radius 3 is 2.59 bits per heavy atom. The SMILES string of the molecule is CCN(CC)S(=O)(=O)c1ccc(Oc2ccc3cn[nH]c3c2)c([N+](=O)[O-])c1. The molecular weight excluding hydrogens is 372 g/mol. The molecule has 0 unspecified atom stereocenters. The van der Waals surface area contributed by atoms with Crippen molar-refractivity contribution in [1.29, 1.82) is 0 Å². The second-order valence-electron chi connectivity index (χ2n) is 5.70. The molecule has 1 heterocycles. The van der Waals surface area contributed by atoms with Gasteiger partial charge < -0.3 is 4.74 Å². The molecule has 0 aliphatic carbocycles. The molecule has 3 rings (SSSR count). The molecule has 0 bridgehead atoms. The molecule has 0 amide bonds. The molecule has 0 aliphatic rings. The number of sulfonamides is 1. The van der Waals surface area contributed by atoms with Crippen LogP contribution in [0.4, 0.5) is 5.69 Å². The van der Waals surface area contributed by atoms with Gasteiger partial charge in [0.2, 0.25) is 15.8 Å². The Labute approximate surface area is 155 Å². The van der Waals surface area contributed by atoms with E-state index in [9.17, 15) is 18.5 Å². The fraction of sp³-hybridized carbons (Fsp3) is 0.235. The smallest absolute Gasteiger partial charge is 0.312 e. The predicted molar refractivity (Wildman–Crippen MR) is 99.4 cm³/mol. The fourth-order valence-electron chi connectivity index (χ4n) is 2.71. The van der Waals surface area contributed by atoms with Crippen LogP contribution >= 0.6 is 0 Å². The molecule has 0 saturated carbocycles. The molecule has 9 nitrogen and oxygen atoms in total. The van der Waals surface area contributed by atoms with Gasteiger partial charge in [0.25, 0.3) is 0 Å². The Morgan fingerprint density at radius 1 is 1.19 bits per heavy atom. The van der Waals surface area contributed by atoms with Gasteiger partial charge in [0.1, 0.15) is 5.75 Å². The monoisotopic (exact) mass is 390 g/mol. The number of hydrogen-bond acceptors (Lipinski definition) is 6. The number of rotatable bonds is 7. The largest absolute Gasteiger partial charge is 0.450 e. The van der Waals surface area contributed by atoms with E-state index in [1.165, 1.54) is 16.4 Å². The number of nitro benzene ring substituents is 1. The number of fused-ring (bicyclic) bond motifs is 1. The highest BCUT2D eigenvalue weighted by Gasteiger charge is 2.26. The number of benzene rings is 2. The Kier molecular flexibility index (Phi) is 5.10. The minimum absolute atomic E-state index is 0.0441. The minimum Gasteiger partial charge on any atom is -0.450 e. The molecule has 142 valence electrons. The van der Waals surface area contributed by atoms with Crippen LogP contribution in [0.25, 0.3) is 10.9 Å². The van der Waals surface area contributed by atoms with Gasteiger partial charge in [-0.1, -0.05) is 13.8 Å². The lowest BCUT2D eigenvalue weighted by Gasteiger charge is -2.18. The molecule has 0 radical (unpaired) electrons. The third kappa shape index (κ3) is 3.62. The van der Waals surface area contributed by atoms with Crippen LogP contribution in [0.3, 0.4) is 0 Å². The number of nitrogens with one attached hydrogen (secondary N) is 1. The van der Waals surface area contributed by atoms with Crippen molar-refractivity contribution in [2.75, 3.05) is 13.1 Å². The second-order valence-corrected chi connectivity index (χ2v) is 7.64. The van der Waals surface area contributed by atoms with Crippen LogP contribution < -0.4 is 4.74 Å². The molecule has 1 N–H and O–H groups in total. The molecule has 0 fully saturated rings. The summed E-state index contributed by atoms with van der Waals surface area (Å²) in [5.41, 5.74) is 0.295. The first-order valence-corrected chi connectivity index (χ1v) is 9.70. The van der Waals surface area contributed by atoms with Crippen molar-refractivity contribution in [3.63, 3.8) is 0 Å². The first-order chi connectivity index (χ1) is 12.9. The number of nitro groups is 1. The van der Waals surface area contributed by atoms with Gasteiger partial charge in [0, 0.05) is 30.6 Å². The lowest BCUT2D eigenvalue weighted by molar-refractivity contribution is -0.385. The van der Waals surface area contributed by atoms with Crippen LogP contribution in [0, 0.1) is 10.1 Å². The van der Waals surface area contributed by atoms with E-state index in [-0.39, 0.29) is 23.7 Å². The van der Waals surface area contributed by atoms with E-state index in [2.05, 4.69) is 10.2 Å². The number of aromatic amines is 1. The van der Waals surface area contributed by atoms with E-state index in [4.69, 9.17) is 4.74 Å². The Balaban J connectivity index is 2.00. The van der Waals surface area contributed by atoms with Gasteiger partial charge in [-0.15, -0.1) is 0 Å². The quantitative estimate of drug-likeness (QED) is 0.488. The molecule has 2 aromatic carbocycles. The highest BCUT2D eigenvalue weighted by Crippen LogP contribution is 2.34. The molecule has 27 heavy (non-hydrogen) atoms. The van der Waals surface area contributed by atoms with Gasteiger partial charge in [-0.25, -0.2) is 8.42 Å². The zero-order chi connectivity index (χ0) is 19.6. The normalized spacial score (nSPS) is 11.8.